The molecule has 1 aromatic heterocycles. The number of nitrogen functional groups attached to an aromatic ring is 1. The second-order valence-electron chi connectivity index (χ2n) is 4.13. The van der Waals surface area contributed by atoms with Gasteiger partial charge in [-0.1, -0.05) is 6.92 Å². The average Bonchev–Trinajstić information content (AvgIpc) is 2.33. The quantitative estimate of drug-likeness (QED) is 0.860. The first-order chi connectivity index (χ1) is 8.15. The van der Waals surface area contributed by atoms with Crippen LogP contribution in [0.5, 0.6) is 5.88 Å². The van der Waals surface area contributed by atoms with E-state index in [1.54, 1.807) is 7.11 Å². The van der Waals surface area contributed by atoms with E-state index in [0.717, 1.165) is 18.1 Å². The number of aromatic nitrogens is 2. The summed E-state index contributed by atoms with van der Waals surface area (Å²) in [6, 6.07) is 0.413. The van der Waals surface area contributed by atoms with Gasteiger partial charge in [-0.05, 0) is 6.92 Å². The molecule has 1 aliphatic rings. The molecule has 6 heteroatoms. The molecule has 0 aromatic carbocycles. The number of hydrogen-bond acceptors (Lipinski definition) is 6. The van der Waals surface area contributed by atoms with Crippen molar-refractivity contribution < 1.29 is 4.74 Å². The van der Waals surface area contributed by atoms with Crippen molar-refractivity contribution in [2.75, 3.05) is 30.0 Å². The number of ether oxygens (including phenoxy) is 1. The van der Waals surface area contributed by atoms with E-state index in [0.29, 0.717) is 22.9 Å². The topological polar surface area (TPSA) is 64.3 Å². The molecule has 0 amide bonds. The van der Waals surface area contributed by atoms with Crippen molar-refractivity contribution in [3.05, 3.63) is 6.33 Å². The zero-order valence-corrected chi connectivity index (χ0v) is 11.2. The number of hydrogen-bond donors (Lipinski definition) is 1. The second-order valence-corrected chi connectivity index (χ2v) is 5.62. The minimum absolute atomic E-state index is 0.413. The van der Waals surface area contributed by atoms with Gasteiger partial charge >= 0.3 is 0 Å². The average molecular weight is 254 g/mol. The van der Waals surface area contributed by atoms with Gasteiger partial charge in [-0.25, -0.2) is 4.98 Å². The zero-order valence-electron chi connectivity index (χ0n) is 10.4. The highest BCUT2D eigenvalue weighted by atomic mass is 32.2. The van der Waals surface area contributed by atoms with Crippen LogP contribution in [0, 0.1) is 0 Å². The van der Waals surface area contributed by atoms with Crippen LogP contribution in [0.15, 0.2) is 6.33 Å². The molecule has 1 aliphatic heterocycles. The first-order valence-corrected chi connectivity index (χ1v) is 6.72. The minimum atomic E-state index is 0.413. The number of thioether (sulfide) groups is 1. The number of anilines is 2. The van der Waals surface area contributed by atoms with E-state index in [-0.39, 0.29) is 0 Å². The van der Waals surface area contributed by atoms with Gasteiger partial charge in [-0.15, -0.1) is 0 Å². The lowest BCUT2D eigenvalue weighted by Gasteiger charge is -2.38. The molecule has 94 valence electrons. The predicted octanol–water partition coefficient (Wildman–Crippen LogP) is 1.40. The molecule has 2 rings (SSSR count). The lowest BCUT2D eigenvalue weighted by molar-refractivity contribution is 0.399. The molecule has 1 saturated heterocycles. The van der Waals surface area contributed by atoms with E-state index in [9.17, 15) is 0 Å². The molecule has 2 unspecified atom stereocenters. The third kappa shape index (κ3) is 2.26. The van der Waals surface area contributed by atoms with Gasteiger partial charge in [0.25, 0.3) is 0 Å². The lowest BCUT2D eigenvalue weighted by atomic mass is 10.2. The Morgan fingerprint density at radius 3 is 2.94 bits per heavy atom. The largest absolute Gasteiger partial charge is 0.479 e. The highest BCUT2D eigenvalue weighted by Crippen LogP contribution is 2.33. The first-order valence-electron chi connectivity index (χ1n) is 5.68. The van der Waals surface area contributed by atoms with E-state index in [1.165, 1.54) is 6.33 Å². The Morgan fingerprint density at radius 2 is 2.24 bits per heavy atom. The molecule has 2 heterocycles. The van der Waals surface area contributed by atoms with Crippen molar-refractivity contribution >= 4 is 23.3 Å². The summed E-state index contributed by atoms with van der Waals surface area (Å²) in [4.78, 5) is 10.5. The van der Waals surface area contributed by atoms with E-state index < -0.39 is 0 Å². The van der Waals surface area contributed by atoms with Gasteiger partial charge in [-0.3, -0.25) is 0 Å². The Morgan fingerprint density at radius 1 is 1.47 bits per heavy atom. The highest BCUT2D eigenvalue weighted by Gasteiger charge is 2.28. The van der Waals surface area contributed by atoms with Gasteiger partial charge in [0.05, 0.1) is 7.11 Å². The fourth-order valence-corrected chi connectivity index (χ4v) is 3.09. The van der Waals surface area contributed by atoms with Crippen molar-refractivity contribution in [3.8, 4) is 5.88 Å². The third-order valence-corrected chi connectivity index (χ3v) is 4.51. The second kappa shape index (κ2) is 5.00. The number of nitrogens with two attached hydrogens (primary N) is 1. The fourth-order valence-electron chi connectivity index (χ4n) is 1.99. The minimum Gasteiger partial charge on any atom is -0.479 e. The standard InChI is InChI=1S/C11H18N4OS/c1-7-8(2)17-5-4-15(7)10-9(12)11(16-3)14-6-13-10/h6-8H,4-5,12H2,1-3H3. The van der Waals surface area contributed by atoms with Gasteiger partial charge in [0.2, 0.25) is 5.88 Å². The summed E-state index contributed by atoms with van der Waals surface area (Å²) in [5.74, 6) is 2.33. The normalized spacial score (nSPS) is 24.8. The summed E-state index contributed by atoms with van der Waals surface area (Å²) in [6.07, 6.45) is 1.50. The smallest absolute Gasteiger partial charge is 0.242 e. The Hall–Kier alpha value is -1.17. The molecule has 2 atom stereocenters. The number of rotatable bonds is 2. The zero-order chi connectivity index (χ0) is 12.4. The Kier molecular flexibility index (Phi) is 3.61. The predicted molar refractivity (Wildman–Crippen MR) is 71.7 cm³/mol. The first kappa shape index (κ1) is 12.3. The van der Waals surface area contributed by atoms with Crippen molar-refractivity contribution in [2.45, 2.75) is 25.1 Å². The van der Waals surface area contributed by atoms with Crippen molar-refractivity contribution in [1.29, 1.82) is 0 Å². The maximum absolute atomic E-state index is 6.03. The van der Waals surface area contributed by atoms with Crippen molar-refractivity contribution in [3.63, 3.8) is 0 Å². The molecule has 0 aliphatic carbocycles. The van der Waals surface area contributed by atoms with Gasteiger partial charge in [0, 0.05) is 23.6 Å². The van der Waals surface area contributed by atoms with Crippen LogP contribution in [-0.4, -0.2) is 40.7 Å². The van der Waals surface area contributed by atoms with Gasteiger partial charge in [-0.2, -0.15) is 16.7 Å². The van der Waals surface area contributed by atoms with Crippen LogP contribution < -0.4 is 15.4 Å². The number of methoxy groups -OCH3 is 1. The van der Waals surface area contributed by atoms with Crippen LogP contribution in [0.1, 0.15) is 13.8 Å². The molecular formula is C11H18N4OS. The fraction of sp³-hybridized carbons (Fsp3) is 0.636. The molecule has 0 bridgehead atoms. The highest BCUT2D eigenvalue weighted by molar-refractivity contribution is 8.00. The maximum Gasteiger partial charge on any atom is 0.242 e. The van der Waals surface area contributed by atoms with Crippen molar-refractivity contribution in [2.24, 2.45) is 0 Å². The molecular weight excluding hydrogens is 236 g/mol. The van der Waals surface area contributed by atoms with Crippen LogP contribution in [0.2, 0.25) is 0 Å². The monoisotopic (exact) mass is 254 g/mol. The summed E-state index contributed by atoms with van der Waals surface area (Å²) >= 11 is 1.98. The summed E-state index contributed by atoms with van der Waals surface area (Å²) in [7, 11) is 1.57. The third-order valence-electron chi connectivity index (χ3n) is 3.18. The Bertz CT molecular complexity index is 401. The molecule has 1 fully saturated rings. The Labute approximate surface area is 106 Å². The SMILES string of the molecule is COc1ncnc(N2CCSC(C)C2C)c1N. The molecule has 17 heavy (non-hydrogen) atoms. The van der Waals surface area contributed by atoms with Crippen LogP contribution >= 0.6 is 11.8 Å². The van der Waals surface area contributed by atoms with E-state index in [2.05, 4.69) is 28.7 Å². The Balaban J connectivity index is 2.33. The van der Waals surface area contributed by atoms with Crippen LogP contribution in [0.25, 0.3) is 0 Å². The number of nitrogens with zero attached hydrogens (tertiary/aromatic N) is 3. The summed E-state index contributed by atoms with van der Waals surface area (Å²) in [6.45, 7) is 5.39. The molecule has 0 spiro atoms. The van der Waals surface area contributed by atoms with Gasteiger partial charge < -0.3 is 15.4 Å². The molecule has 2 N–H and O–H groups in total. The van der Waals surface area contributed by atoms with Crippen LogP contribution in [-0.2, 0) is 0 Å². The lowest BCUT2D eigenvalue weighted by Crippen LogP contribution is -2.45. The van der Waals surface area contributed by atoms with E-state index in [1.807, 2.05) is 11.8 Å². The van der Waals surface area contributed by atoms with E-state index in [4.69, 9.17) is 10.5 Å². The molecule has 1 aromatic rings. The van der Waals surface area contributed by atoms with Crippen LogP contribution in [0.3, 0.4) is 0 Å². The maximum atomic E-state index is 6.03. The van der Waals surface area contributed by atoms with Crippen molar-refractivity contribution in [1.82, 2.24) is 9.97 Å². The van der Waals surface area contributed by atoms with Gasteiger partial charge in [0.15, 0.2) is 5.82 Å². The van der Waals surface area contributed by atoms with Crippen LogP contribution in [0.4, 0.5) is 11.5 Å². The molecule has 0 radical (unpaired) electrons. The molecule has 0 saturated carbocycles. The summed E-state index contributed by atoms with van der Waals surface area (Å²) in [5, 5.41) is 0.573. The van der Waals surface area contributed by atoms with E-state index >= 15 is 0 Å². The van der Waals surface area contributed by atoms with Gasteiger partial charge in [0.1, 0.15) is 12.0 Å². The molecule has 5 nitrogen and oxygen atoms in total. The summed E-state index contributed by atoms with van der Waals surface area (Å²) < 4.78 is 5.13. The summed E-state index contributed by atoms with van der Waals surface area (Å²) in [5.41, 5.74) is 6.56.